The molecule has 0 N–H and O–H groups in total. The molecule has 4 bridgehead atoms. The van der Waals surface area contributed by atoms with Crippen LogP contribution in [0.4, 0.5) is 0 Å². The Morgan fingerprint density at radius 3 is 2.21 bits per heavy atom. The zero-order chi connectivity index (χ0) is 13.0. The molecule has 6 heteroatoms. The summed E-state index contributed by atoms with van der Waals surface area (Å²) in [5.74, 6) is 0.309. The second-order valence-electron chi connectivity index (χ2n) is 6.19. The number of thiophene rings is 1. The Morgan fingerprint density at radius 1 is 1.16 bits per heavy atom. The van der Waals surface area contributed by atoms with E-state index in [2.05, 4.69) is 21.6 Å². The van der Waals surface area contributed by atoms with Crippen LogP contribution in [0.5, 0.6) is 0 Å². The molecule has 0 amide bonds. The van der Waals surface area contributed by atoms with Gasteiger partial charge in [-0.2, -0.15) is 0 Å². The Labute approximate surface area is 117 Å². The van der Waals surface area contributed by atoms with Crippen molar-refractivity contribution in [2.45, 2.75) is 6.92 Å². The van der Waals surface area contributed by atoms with Crippen LogP contribution in [0.3, 0.4) is 0 Å². The fraction of sp³-hybridized carbons (Fsp3) is 0.615. The highest BCUT2D eigenvalue weighted by Gasteiger charge is 2.49. The summed E-state index contributed by atoms with van der Waals surface area (Å²) >= 11 is 1.62. The smallest absolute Gasteiger partial charge is 0.226 e. The average molecular weight is 279 g/mol. The maximum Gasteiger partial charge on any atom is 0.226 e. The van der Waals surface area contributed by atoms with Crippen LogP contribution >= 0.6 is 11.3 Å². The number of hydrogen-bond donors (Lipinski definition) is 0. The van der Waals surface area contributed by atoms with Gasteiger partial charge in [0.05, 0.1) is 24.9 Å². The van der Waals surface area contributed by atoms with Crippen molar-refractivity contribution in [2.75, 3.05) is 46.6 Å². The zero-order valence-corrected chi connectivity index (χ0v) is 12.0. The molecular formula is C13H19N4OS+. The molecular weight excluding hydrogens is 260 g/mol. The molecule has 0 aromatic carbocycles. The van der Waals surface area contributed by atoms with Crippen molar-refractivity contribution >= 4 is 17.1 Å². The van der Waals surface area contributed by atoms with Crippen molar-refractivity contribution in [1.82, 2.24) is 14.7 Å². The first kappa shape index (κ1) is 12.0. The van der Waals surface area contributed by atoms with Crippen molar-refractivity contribution in [1.29, 1.82) is 0 Å². The summed E-state index contributed by atoms with van der Waals surface area (Å²) in [7, 11) is 0. The first-order valence-electron chi connectivity index (χ1n) is 6.74. The predicted octanol–water partition coefficient (Wildman–Crippen LogP) is 0.748. The minimum atomic E-state index is 0.309. The van der Waals surface area contributed by atoms with Crippen molar-refractivity contribution in [2.24, 2.45) is 0 Å². The van der Waals surface area contributed by atoms with Gasteiger partial charge in [0, 0.05) is 4.88 Å². The fourth-order valence-electron chi connectivity index (χ4n) is 3.77. The number of aryl methyl sites for hydroxylation is 1. The van der Waals surface area contributed by atoms with Gasteiger partial charge in [-0.05, 0) is 19.1 Å². The predicted molar refractivity (Wildman–Crippen MR) is 73.2 cm³/mol. The normalized spacial score (nSPS) is 39.7. The average Bonchev–Trinajstić information content (AvgIpc) is 2.73. The number of nitrogens with zero attached hydrogens (tertiary/aromatic N) is 4. The van der Waals surface area contributed by atoms with Gasteiger partial charge in [-0.1, -0.05) is 0 Å². The Morgan fingerprint density at radius 2 is 1.74 bits per heavy atom. The fourth-order valence-corrected chi connectivity index (χ4v) is 4.57. The number of Topliss-reactive ketones (excluding diaryl/α,β-unsaturated/α-hetero) is 1. The van der Waals surface area contributed by atoms with Crippen LogP contribution in [-0.4, -0.2) is 71.5 Å². The summed E-state index contributed by atoms with van der Waals surface area (Å²) in [6.45, 7) is 9.01. The molecule has 4 saturated heterocycles. The molecule has 19 heavy (non-hydrogen) atoms. The topological polar surface area (TPSA) is 26.8 Å². The third kappa shape index (κ3) is 2.04. The van der Waals surface area contributed by atoms with E-state index < -0.39 is 0 Å². The van der Waals surface area contributed by atoms with Crippen molar-refractivity contribution in [3.8, 4) is 0 Å². The van der Waals surface area contributed by atoms with E-state index in [0.717, 1.165) is 49.4 Å². The highest BCUT2D eigenvalue weighted by molar-refractivity contribution is 7.14. The molecule has 4 aliphatic rings. The molecule has 1 aromatic rings. The number of rotatable bonds is 3. The number of ketones is 1. The monoisotopic (exact) mass is 279 g/mol. The van der Waals surface area contributed by atoms with Gasteiger partial charge in [0.15, 0.2) is 0 Å². The standard InChI is InChI=1S/C13H19N4OS/c1-11-2-3-13(19-11)12(18)4-17-8-14-5-15(9-17)7-16(6-14)10-17/h2-3H,4-10H2,1H3/q+1. The lowest BCUT2D eigenvalue weighted by molar-refractivity contribution is -0.973. The maximum absolute atomic E-state index is 12.5. The molecule has 0 spiro atoms. The molecule has 0 unspecified atom stereocenters. The molecule has 0 atom stereocenters. The van der Waals surface area contributed by atoms with E-state index in [1.165, 1.54) is 4.88 Å². The second-order valence-corrected chi connectivity index (χ2v) is 7.48. The van der Waals surface area contributed by atoms with E-state index in [1.807, 2.05) is 12.1 Å². The summed E-state index contributed by atoms with van der Waals surface area (Å²) in [5, 5.41) is 0. The quantitative estimate of drug-likeness (QED) is 0.602. The minimum Gasteiger partial charge on any atom is -0.287 e. The van der Waals surface area contributed by atoms with E-state index in [0.29, 0.717) is 12.3 Å². The third-order valence-electron chi connectivity index (χ3n) is 4.19. The summed E-state index contributed by atoms with van der Waals surface area (Å²) in [4.78, 5) is 22.0. The Hall–Kier alpha value is -0.790. The van der Waals surface area contributed by atoms with Crippen LogP contribution in [0.25, 0.3) is 0 Å². The number of carbonyl (C=O) groups is 1. The zero-order valence-electron chi connectivity index (χ0n) is 11.2. The van der Waals surface area contributed by atoms with Gasteiger partial charge in [-0.3, -0.25) is 9.28 Å². The molecule has 5 heterocycles. The molecule has 1 aromatic heterocycles. The first-order chi connectivity index (χ1) is 9.12. The van der Waals surface area contributed by atoms with Crippen LogP contribution in [-0.2, 0) is 0 Å². The van der Waals surface area contributed by atoms with E-state index in [4.69, 9.17) is 0 Å². The van der Waals surface area contributed by atoms with Crippen molar-refractivity contribution in [3.05, 3.63) is 21.9 Å². The molecule has 0 aliphatic carbocycles. The van der Waals surface area contributed by atoms with E-state index >= 15 is 0 Å². The van der Waals surface area contributed by atoms with Gasteiger partial charge in [-0.15, -0.1) is 11.3 Å². The number of hydrogen-bond acceptors (Lipinski definition) is 5. The van der Waals surface area contributed by atoms with Gasteiger partial charge >= 0.3 is 0 Å². The van der Waals surface area contributed by atoms with Crippen LogP contribution in [0.2, 0.25) is 0 Å². The Bertz CT molecular complexity index is 491. The van der Waals surface area contributed by atoms with E-state index in [9.17, 15) is 4.79 Å². The molecule has 102 valence electrons. The van der Waals surface area contributed by atoms with Gasteiger partial charge < -0.3 is 0 Å². The molecule has 4 aliphatic heterocycles. The molecule has 5 nitrogen and oxygen atoms in total. The molecule has 0 saturated carbocycles. The number of quaternary nitrogens is 1. The second kappa shape index (κ2) is 4.10. The summed E-state index contributed by atoms with van der Waals surface area (Å²) in [6.07, 6.45) is 0. The number of carbonyl (C=O) groups excluding carboxylic acids is 1. The van der Waals surface area contributed by atoms with Gasteiger partial charge in [0.25, 0.3) is 0 Å². The van der Waals surface area contributed by atoms with Crippen molar-refractivity contribution in [3.63, 3.8) is 0 Å². The SMILES string of the molecule is Cc1ccc(C(=O)C[N+]23CN4CN(CN(C4)C2)C3)s1. The summed E-state index contributed by atoms with van der Waals surface area (Å²) in [5.41, 5.74) is 0. The minimum absolute atomic E-state index is 0.309. The lowest BCUT2D eigenvalue weighted by Gasteiger charge is -2.60. The van der Waals surface area contributed by atoms with Crippen LogP contribution in [0.1, 0.15) is 14.5 Å². The Kier molecular flexibility index (Phi) is 2.59. The van der Waals surface area contributed by atoms with E-state index in [-0.39, 0.29) is 0 Å². The highest BCUT2D eigenvalue weighted by Crippen LogP contribution is 2.29. The first-order valence-corrected chi connectivity index (χ1v) is 7.55. The molecule has 4 fully saturated rings. The lowest BCUT2D eigenvalue weighted by Crippen LogP contribution is -2.79. The van der Waals surface area contributed by atoms with Gasteiger partial charge in [-0.25, -0.2) is 14.7 Å². The van der Waals surface area contributed by atoms with Crippen LogP contribution < -0.4 is 0 Å². The summed E-state index contributed by atoms with van der Waals surface area (Å²) < 4.78 is 0.899. The van der Waals surface area contributed by atoms with E-state index in [1.54, 1.807) is 11.3 Å². The summed E-state index contributed by atoms with van der Waals surface area (Å²) in [6, 6.07) is 4.02. The van der Waals surface area contributed by atoms with Crippen molar-refractivity contribution < 1.29 is 9.28 Å². The highest BCUT2D eigenvalue weighted by atomic mass is 32.1. The Balaban J connectivity index is 1.54. The van der Waals surface area contributed by atoms with Gasteiger partial charge in [0.2, 0.25) is 5.78 Å². The third-order valence-corrected chi connectivity index (χ3v) is 5.24. The van der Waals surface area contributed by atoms with Crippen LogP contribution in [0, 0.1) is 6.92 Å². The van der Waals surface area contributed by atoms with Crippen LogP contribution in [0.15, 0.2) is 12.1 Å². The maximum atomic E-state index is 12.5. The molecule has 5 rings (SSSR count). The van der Waals surface area contributed by atoms with Gasteiger partial charge in [0.1, 0.15) is 26.6 Å². The largest absolute Gasteiger partial charge is 0.287 e. The molecule has 0 radical (unpaired) electrons. The lowest BCUT2D eigenvalue weighted by atomic mass is 10.2.